The van der Waals surface area contributed by atoms with Gasteiger partial charge in [0.25, 0.3) is 0 Å². The minimum atomic E-state index is -4.31. The van der Waals surface area contributed by atoms with E-state index in [2.05, 4.69) is 10.3 Å². The third kappa shape index (κ3) is 3.67. The van der Waals surface area contributed by atoms with Gasteiger partial charge in [0.1, 0.15) is 0 Å². The molecule has 6 heteroatoms. The third-order valence-corrected chi connectivity index (χ3v) is 4.11. The van der Waals surface area contributed by atoms with Crippen molar-refractivity contribution in [3.05, 3.63) is 16.1 Å². The first-order valence-electron chi connectivity index (χ1n) is 5.73. The molecule has 0 saturated heterocycles. The van der Waals surface area contributed by atoms with E-state index in [1.54, 1.807) is 0 Å². The average Bonchev–Trinajstić information content (AvgIpc) is 2.91. The predicted octanol–water partition coefficient (Wildman–Crippen LogP) is 3.41. The lowest BCUT2D eigenvalue weighted by atomic mass is 10.1. The molecule has 2 rings (SSSR count). The number of hydrogen-bond donors (Lipinski definition) is 1. The van der Waals surface area contributed by atoms with Gasteiger partial charge in [-0.25, -0.2) is 4.98 Å². The zero-order valence-electron chi connectivity index (χ0n) is 9.55. The highest BCUT2D eigenvalue weighted by atomic mass is 32.1. The van der Waals surface area contributed by atoms with E-state index in [4.69, 9.17) is 0 Å². The van der Waals surface area contributed by atoms with Gasteiger partial charge in [0, 0.05) is 17.1 Å². The molecule has 1 aliphatic rings. The monoisotopic (exact) mass is 264 g/mol. The fourth-order valence-corrected chi connectivity index (χ4v) is 2.45. The first-order valence-corrected chi connectivity index (χ1v) is 6.55. The first kappa shape index (κ1) is 12.8. The Morgan fingerprint density at radius 1 is 1.53 bits per heavy atom. The molecule has 0 aliphatic heterocycles. The van der Waals surface area contributed by atoms with Crippen molar-refractivity contribution in [1.82, 2.24) is 10.3 Å². The summed E-state index contributed by atoms with van der Waals surface area (Å²) in [6.07, 6.45) is 0.362. The molecule has 1 saturated carbocycles. The highest BCUT2D eigenvalue weighted by Crippen LogP contribution is 2.35. The fraction of sp³-hybridized carbons (Fsp3) is 0.727. The Hall–Kier alpha value is -0.620. The molecule has 1 N–H and O–H groups in total. The van der Waals surface area contributed by atoms with Crippen molar-refractivity contribution in [2.24, 2.45) is 0 Å². The van der Waals surface area contributed by atoms with Gasteiger partial charge in [-0.2, -0.15) is 13.2 Å². The molecule has 0 aromatic carbocycles. The van der Waals surface area contributed by atoms with Crippen molar-refractivity contribution in [3.8, 4) is 0 Å². The van der Waals surface area contributed by atoms with Crippen molar-refractivity contribution in [2.45, 2.75) is 44.3 Å². The Bertz CT molecular complexity index is 371. The van der Waals surface area contributed by atoms with Gasteiger partial charge in [-0.3, -0.25) is 0 Å². The van der Waals surface area contributed by atoms with E-state index in [9.17, 15) is 13.2 Å². The topological polar surface area (TPSA) is 24.9 Å². The Balaban J connectivity index is 1.85. The summed E-state index contributed by atoms with van der Waals surface area (Å²) in [5.41, 5.74) is 0. The van der Waals surface area contributed by atoms with E-state index in [-0.39, 0.29) is 5.92 Å². The van der Waals surface area contributed by atoms with Crippen LogP contribution < -0.4 is 5.32 Å². The smallest absolute Gasteiger partial charge is 0.314 e. The molecule has 1 aromatic rings. The van der Waals surface area contributed by atoms with Crippen LogP contribution >= 0.6 is 11.3 Å². The van der Waals surface area contributed by atoms with Gasteiger partial charge >= 0.3 is 6.18 Å². The van der Waals surface area contributed by atoms with Crippen molar-refractivity contribution >= 4 is 11.3 Å². The molecule has 96 valence electrons. The van der Waals surface area contributed by atoms with Crippen molar-refractivity contribution in [2.75, 3.05) is 6.54 Å². The zero-order chi connectivity index (χ0) is 12.5. The van der Waals surface area contributed by atoms with Crippen LogP contribution in [0.15, 0.2) is 6.20 Å². The van der Waals surface area contributed by atoms with Crippen LogP contribution in [0, 0.1) is 0 Å². The molecule has 1 heterocycles. The normalized spacial score (nSPS) is 18.4. The lowest BCUT2D eigenvalue weighted by Gasteiger charge is -2.09. The Labute approximate surface area is 102 Å². The number of rotatable bonds is 5. The van der Waals surface area contributed by atoms with E-state index in [1.807, 2.05) is 6.92 Å². The minimum absolute atomic E-state index is 0.134. The lowest BCUT2D eigenvalue weighted by Crippen LogP contribution is -2.18. The standard InChI is InChI=1S/C11H15F3N2S/c1-7(4-5-15-8-2-3-8)9-6-16-10(17-9)11(12,13)14/h6-8,15H,2-5H2,1H3. The summed E-state index contributed by atoms with van der Waals surface area (Å²) < 4.78 is 37.1. The number of aromatic nitrogens is 1. The Kier molecular flexibility index (Phi) is 3.73. The van der Waals surface area contributed by atoms with Crippen LogP contribution in [0.3, 0.4) is 0 Å². The predicted molar refractivity (Wildman–Crippen MR) is 61.2 cm³/mol. The average molecular weight is 264 g/mol. The molecule has 0 bridgehead atoms. The van der Waals surface area contributed by atoms with E-state index >= 15 is 0 Å². The molecule has 1 fully saturated rings. The van der Waals surface area contributed by atoms with Crippen LogP contribution in [0.4, 0.5) is 13.2 Å². The largest absolute Gasteiger partial charge is 0.443 e. The summed E-state index contributed by atoms with van der Waals surface area (Å²) >= 11 is 0.758. The fourth-order valence-electron chi connectivity index (χ4n) is 1.58. The number of nitrogens with zero attached hydrogens (tertiary/aromatic N) is 1. The Morgan fingerprint density at radius 2 is 2.24 bits per heavy atom. The van der Waals surface area contributed by atoms with Gasteiger partial charge < -0.3 is 5.32 Å². The van der Waals surface area contributed by atoms with E-state index in [1.165, 1.54) is 19.0 Å². The number of hydrogen-bond acceptors (Lipinski definition) is 3. The summed E-state index contributed by atoms with van der Waals surface area (Å²) in [5.74, 6) is 0.134. The molecular formula is C11H15F3N2S. The van der Waals surface area contributed by atoms with E-state index < -0.39 is 11.2 Å². The molecule has 0 amide bonds. The van der Waals surface area contributed by atoms with Crippen LogP contribution in [0.5, 0.6) is 0 Å². The molecular weight excluding hydrogens is 249 g/mol. The van der Waals surface area contributed by atoms with E-state index in [0.717, 1.165) is 29.2 Å². The van der Waals surface area contributed by atoms with Crippen LogP contribution in [-0.4, -0.2) is 17.6 Å². The second-order valence-corrected chi connectivity index (χ2v) is 5.55. The summed E-state index contributed by atoms with van der Waals surface area (Å²) in [4.78, 5) is 4.15. The van der Waals surface area contributed by atoms with Gasteiger partial charge in [0.15, 0.2) is 5.01 Å². The molecule has 2 nitrogen and oxygen atoms in total. The SMILES string of the molecule is CC(CCNC1CC1)c1cnc(C(F)(F)F)s1. The van der Waals surface area contributed by atoms with Gasteiger partial charge in [0.2, 0.25) is 0 Å². The maximum atomic E-state index is 12.4. The van der Waals surface area contributed by atoms with Gasteiger partial charge in [-0.05, 0) is 31.7 Å². The minimum Gasteiger partial charge on any atom is -0.314 e. The first-order chi connectivity index (χ1) is 7.97. The summed E-state index contributed by atoms with van der Waals surface area (Å²) in [5, 5.41) is 2.62. The Morgan fingerprint density at radius 3 is 2.76 bits per heavy atom. The second kappa shape index (κ2) is 4.94. The third-order valence-electron chi connectivity index (χ3n) is 2.84. The molecule has 0 radical (unpaired) electrons. The maximum Gasteiger partial charge on any atom is 0.443 e. The summed E-state index contributed by atoms with van der Waals surface area (Å²) in [6, 6.07) is 0.648. The van der Waals surface area contributed by atoms with Crippen molar-refractivity contribution in [1.29, 1.82) is 0 Å². The van der Waals surface area contributed by atoms with Gasteiger partial charge in [-0.1, -0.05) is 6.92 Å². The van der Waals surface area contributed by atoms with Crippen LogP contribution in [0.1, 0.15) is 42.0 Å². The second-order valence-electron chi connectivity index (χ2n) is 4.48. The van der Waals surface area contributed by atoms with Crippen molar-refractivity contribution in [3.63, 3.8) is 0 Å². The maximum absolute atomic E-state index is 12.4. The highest BCUT2D eigenvalue weighted by molar-refractivity contribution is 7.11. The van der Waals surface area contributed by atoms with Crippen LogP contribution in [0.2, 0.25) is 0 Å². The summed E-state index contributed by atoms with van der Waals surface area (Å²) in [7, 11) is 0. The molecule has 1 aromatic heterocycles. The molecule has 1 atom stereocenters. The number of alkyl halides is 3. The highest BCUT2D eigenvalue weighted by Gasteiger charge is 2.34. The lowest BCUT2D eigenvalue weighted by molar-refractivity contribution is -0.137. The van der Waals surface area contributed by atoms with Gasteiger partial charge in [-0.15, -0.1) is 11.3 Å². The zero-order valence-corrected chi connectivity index (χ0v) is 10.4. The number of nitrogens with one attached hydrogen (secondary N) is 1. The van der Waals surface area contributed by atoms with Crippen molar-refractivity contribution < 1.29 is 13.2 Å². The summed E-state index contributed by atoms with van der Waals surface area (Å²) in [6.45, 7) is 2.81. The number of thiazole rings is 1. The quantitative estimate of drug-likeness (QED) is 0.881. The molecule has 1 aliphatic carbocycles. The molecule has 1 unspecified atom stereocenters. The van der Waals surface area contributed by atoms with Gasteiger partial charge in [0.05, 0.1) is 0 Å². The van der Waals surface area contributed by atoms with Crippen LogP contribution in [-0.2, 0) is 6.18 Å². The van der Waals surface area contributed by atoms with E-state index in [0.29, 0.717) is 6.04 Å². The molecule has 0 spiro atoms. The number of halogens is 3. The molecule has 17 heavy (non-hydrogen) atoms. The van der Waals surface area contributed by atoms with Crippen LogP contribution in [0.25, 0.3) is 0 Å².